The lowest BCUT2D eigenvalue weighted by Gasteiger charge is -2.31. The topological polar surface area (TPSA) is 73.7 Å². The molecule has 7 nitrogen and oxygen atoms in total. The van der Waals surface area contributed by atoms with E-state index in [1.165, 1.54) is 13.2 Å². The van der Waals surface area contributed by atoms with Crippen molar-refractivity contribution >= 4 is 11.9 Å². The van der Waals surface area contributed by atoms with E-state index < -0.39 is 5.82 Å². The number of rotatable bonds is 7. The van der Waals surface area contributed by atoms with Gasteiger partial charge in [-0.05, 0) is 44.4 Å². The second-order valence-corrected chi connectivity index (χ2v) is 7.33. The fourth-order valence-electron chi connectivity index (χ4n) is 3.71. The number of aromatic nitrogens is 2. The third-order valence-electron chi connectivity index (χ3n) is 5.22. The maximum atomic E-state index is 14.5. The molecule has 1 fully saturated rings. The molecule has 2 heterocycles. The molecule has 2 aromatic rings. The Balaban J connectivity index is 1.87. The van der Waals surface area contributed by atoms with Gasteiger partial charge in [-0.15, -0.1) is 0 Å². The van der Waals surface area contributed by atoms with E-state index in [4.69, 9.17) is 9.47 Å². The number of hydrogen-bond donors (Lipinski definition) is 0. The number of hydrogen-bond acceptors (Lipinski definition) is 5. The van der Waals surface area contributed by atoms with Gasteiger partial charge in [-0.1, -0.05) is 6.92 Å². The number of benzene rings is 1. The quantitative estimate of drug-likeness (QED) is 0.645. The number of ether oxygens (including phenoxy) is 2. The van der Waals surface area contributed by atoms with E-state index in [-0.39, 0.29) is 17.8 Å². The molecule has 3 rings (SSSR count). The van der Waals surface area contributed by atoms with Crippen LogP contribution in [0.3, 0.4) is 0 Å². The van der Waals surface area contributed by atoms with Gasteiger partial charge < -0.3 is 14.4 Å². The molecular formula is C22H28FN3O4. The van der Waals surface area contributed by atoms with Gasteiger partial charge in [0.05, 0.1) is 25.3 Å². The van der Waals surface area contributed by atoms with E-state index in [9.17, 15) is 14.0 Å². The maximum absolute atomic E-state index is 14.5. The molecular weight excluding hydrogens is 389 g/mol. The number of carbonyl (C=O) groups is 2. The molecule has 0 spiro atoms. The highest BCUT2D eigenvalue weighted by atomic mass is 19.1. The fraction of sp³-hybridized carbons (Fsp3) is 0.500. The predicted octanol–water partition coefficient (Wildman–Crippen LogP) is 3.52. The summed E-state index contributed by atoms with van der Waals surface area (Å²) in [5, 5.41) is 4.48. The van der Waals surface area contributed by atoms with E-state index in [1.807, 2.05) is 6.92 Å². The highest BCUT2D eigenvalue weighted by Crippen LogP contribution is 2.27. The van der Waals surface area contributed by atoms with Gasteiger partial charge in [-0.2, -0.15) is 5.10 Å². The molecule has 0 radical (unpaired) electrons. The monoisotopic (exact) mass is 417 g/mol. The van der Waals surface area contributed by atoms with Crippen LogP contribution in [0.15, 0.2) is 24.3 Å². The largest absolute Gasteiger partial charge is 0.497 e. The molecule has 1 unspecified atom stereocenters. The van der Waals surface area contributed by atoms with Crippen molar-refractivity contribution in [2.45, 2.75) is 39.7 Å². The maximum Gasteiger partial charge on any atom is 0.310 e. The molecule has 1 aromatic carbocycles. The van der Waals surface area contributed by atoms with Crippen molar-refractivity contribution in [3.63, 3.8) is 0 Å². The zero-order valence-electron chi connectivity index (χ0n) is 17.7. The number of methoxy groups -OCH3 is 1. The Labute approximate surface area is 175 Å². The summed E-state index contributed by atoms with van der Waals surface area (Å²) in [6.45, 7) is 5.50. The standard InChI is InChI=1S/C22H28FN3O4/c1-4-10-26-20(13-19(24-26)17-9-8-16(29-3)12-18(17)23)21(27)25-11-6-7-15(14-25)22(28)30-5-2/h8-9,12-13,15H,4-7,10-11,14H2,1-3H3. The number of halogens is 1. The molecule has 30 heavy (non-hydrogen) atoms. The van der Waals surface area contributed by atoms with Crippen molar-refractivity contribution in [1.82, 2.24) is 14.7 Å². The van der Waals surface area contributed by atoms with Crippen molar-refractivity contribution < 1.29 is 23.5 Å². The normalized spacial score (nSPS) is 16.4. The Morgan fingerprint density at radius 3 is 2.73 bits per heavy atom. The highest BCUT2D eigenvalue weighted by Gasteiger charge is 2.31. The molecule has 0 saturated carbocycles. The van der Waals surface area contributed by atoms with E-state index in [1.54, 1.807) is 34.7 Å². The summed E-state index contributed by atoms with van der Waals surface area (Å²) in [7, 11) is 1.48. The first-order valence-electron chi connectivity index (χ1n) is 10.4. The van der Waals surface area contributed by atoms with Crippen molar-refractivity contribution in [2.24, 2.45) is 5.92 Å². The van der Waals surface area contributed by atoms with Crippen molar-refractivity contribution in [1.29, 1.82) is 0 Å². The van der Waals surface area contributed by atoms with Crippen LogP contribution >= 0.6 is 0 Å². The SMILES string of the molecule is CCCn1nc(-c2ccc(OC)cc2F)cc1C(=O)N1CCCC(C(=O)OCC)C1. The summed E-state index contributed by atoms with van der Waals surface area (Å²) in [4.78, 5) is 27.0. The second kappa shape index (κ2) is 9.73. The number of likely N-dealkylation sites (tertiary alicyclic amines) is 1. The molecule has 1 amide bonds. The van der Waals surface area contributed by atoms with Crippen molar-refractivity contribution in [2.75, 3.05) is 26.8 Å². The predicted molar refractivity (Wildman–Crippen MR) is 110 cm³/mol. The van der Waals surface area contributed by atoms with Gasteiger partial charge >= 0.3 is 5.97 Å². The summed E-state index contributed by atoms with van der Waals surface area (Å²) in [6, 6.07) is 6.17. The van der Waals surface area contributed by atoms with Crippen LogP contribution < -0.4 is 4.74 Å². The van der Waals surface area contributed by atoms with E-state index >= 15 is 0 Å². The first-order valence-corrected chi connectivity index (χ1v) is 10.4. The van der Waals surface area contributed by atoms with Gasteiger partial charge in [-0.3, -0.25) is 14.3 Å². The Bertz CT molecular complexity index is 912. The first-order chi connectivity index (χ1) is 14.5. The number of esters is 1. The summed E-state index contributed by atoms with van der Waals surface area (Å²) in [6.07, 6.45) is 2.22. The number of amides is 1. The minimum absolute atomic E-state index is 0.204. The van der Waals surface area contributed by atoms with Crippen LogP contribution in [0.2, 0.25) is 0 Å². The van der Waals surface area contributed by atoms with Gasteiger partial charge in [0.1, 0.15) is 17.3 Å². The Morgan fingerprint density at radius 2 is 2.07 bits per heavy atom. The molecule has 162 valence electrons. The fourth-order valence-corrected chi connectivity index (χ4v) is 3.71. The van der Waals surface area contributed by atoms with Gasteiger partial charge in [0.25, 0.3) is 5.91 Å². The smallest absolute Gasteiger partial charge is 0.310 e. The Hall–Kier alpha value is -2.90. The summed E-state index contributed by atoms with van der Waals surface area (Å²) >= 11 is 0. The van der Waals surface area contributed by atoms with E-state index in [0.717, 1.165) is 12.8 Å². The average Bonchev–Trinajstić information content (AvgIpc) is 3.17. The van der Waals surface area contributed by atoms with E-state index in [0.29, 0.717) is 55.4 Å². The number of aryl methyl sites for hydroxylation is 1. The lowest BCUT2D eigenvalue weighted by atomic mass is 9.98. The minimum Gasteiger partial charge on any atom is -0.497 e. The second-order valence-electron chi connectivity index (χ2n) is 7.33. The van der Waals surface area contributed by atoms with Gasteiger partial charge in [0.15, 0.2) is 0 Å². The van der Waals surface area contributed by atoms with Crippen molar-refractivity contribution in [3.8, 4) is 17.0 Å². The van der Waals surface area contributed by atoms with E-state index in [2.05, 4.69) is 5.10 Å². The van der Waals surface area contributed by atoms with Crippen LogP contribution in [0.1, 0.15) is 43.6 Å². The van der Waals surface area contributed by atoms with Crippen LogP contribution in [-0.2, 0) is 16.1 Å². The first kappa shape index (κ1) is 21.8. The molecule has 8 heteroatoms. The zero-order valence-corrected chi connectivity index (χ0v) is 17.7. The number of carbonyl (C=O) groups excluding carboxylic acids is 2. The number of piperidine rings is 1. The van der Waals surface area contributed by atoms with Crippen LogP contribution in [0.5, 0.6) is 5.75 Å². The summed E-state index contributed by atoms with van der Waals surface area (Å²) < 4.78 is 26.3. The third-order valence-corrected chi connectivity index (χ3v) is 5.22. The van der Waals surface area contributed by atoms with Crippen LogP contribution in [0, 0.1) is 11.7 Å². The Morgan fingerprint density at radius 1 is 1.27 bits per heavy atom. The van der Waals surface area contributed by atoms with Crippen LogP contribution in [0.4, 0.5) is 4.39 Å². The Kier molecular flexibility index (Phi) is 7.07. The molecule has 1 aromatic heterocycles. The molecule has 0 bridgehead atoms. The molecule has 1 atom stereocenters. The molecule has 0 N–H and O–H groups in total. The van der Waals surface area contributed by atoms with Gasteiger partial charge in [0.2, 0.25) is 0 Å². The van der Waals surface area contributed by atoms with Crippen LogP contribution in [0.25, 0.3) is 11.3 Å². The van der Waals surface area contributed by atoms with Gasteiger partial charge in [-0.25, -0.2) is 4.39 Å². The highest BCUT2D eigenvalue weighted by molar-refractivity contribution is 5.94. The third kappa shape index (κ3) is 4.63. The molecule has 1 saturated heterocycles. The average molecular weight is 417 g/mol. The van der Waals surface area contributed by atoms with Crippen molar-refractivity contribution in [3.05, 3.63) is 35.8 Å². The summed E-state index contributed by atoms with van der Waals surface area (Å²) in [5.74, 6) is -0.833. The lowest BCUT2D eigenvalue weighted by molar-refractivity contribution is -0.149. The molecule has 0 aliphatic carbocycles. The number of nitrogens with zero attached hydrogens (tertiary/aromatic N) is 3. The minimum atomic E-state index is -0.463. The van der Waals surface area contributed by atoms with Gasteiger partial charge in [0, 0.05) is 31.3 Å². The zero-order chi connectivity index (χ0) is 21.7. The molecule has 1 aliphatic rings. The lowest BCUT2D eigenvalue weighted by Crippen LogP contribution is -2.43. The van der Waals surface area contributed by atoms with Crippen LogP contribution in [-0.4, -0.2) is 53.4 Å². The molecule has 1 aliphatic heterocycles. The summed E-state index contributed by atoms with van der Waals surface area (Å²) in [5.41, 5.74) is 1.10.